The highest BCUT2D eigenvalue weighted by atomic mass is 127. The number of amides is 5. The van der Waals surface area contributed by atoms with Gasteiger partial charge in [-0.3, -0.25) is 48.6 Å². The van der Waals surface area contributed by atoms with Crippen molar-refractivity contribution in [1.82, 2.24) is 65.2 Å². The van der Waals surface area contributed by atoms with Crippen LogP contribution < -0.4 is 49.0 Å². The lowest BCUT2D eigenvalue weighted by atomic mass is 9.92. The third kappa shape index (κ3) is 19.6. The Balaban J connectivity index is 0.000000117. The summed E-state index contributed by atoms with van der Waals surface area (Å²) < 4.78 is 27.3. The number of pyridine rings is 1. The molecule has 33 heteroatoms. The lowest BCUT2D eigenvalue weighted by Crippen LogP contribution is -2.36. The number of nitrogens with one attached hydrogen (secondary N) is 7. The SMILES string of the molecule is CC1(c2nc3c(C(N)=O)cccc3[nH]2)CCCN1.CN(C)CC(=O)Nc1ccc2[nH]c(=O)c3ccccc3c2c1.COc1cccc2[nH]c3c4c(c5c(c3c12)C(=O)OC5=O)CCC4.NC(=O)c1ccc(I)c([N+](=O)[O-])c1.NC(=O)c1cccc2cn(-c3ccc(C4CCCNC4)cc3)nc12.O=C(c1cc(Cc2n[nH]c(=O)c3ccccc23)ccc1F)N1CCCN(C2CC2)CC1. The van der Waals surface area contributed by atoms with Crippen LogP contribution in [0.2, 0.25) is 0 Å². The number of hydrogen-bond acceptors (Lipinski definition) is 20. The van der Waals surface area contributed by atoms with E-state index in [4.69, 9.17) is 26.7 Å². The van der Waals surface area contributed by atoms with Gasteiger partial charge >= 0.3 is 11.9 Å². The summed E-state index contributed by atoms with van der Waals surface area (Å²) >= 11 is 1.82. The van der Waals surface area contributed by atoms with Crippen molar-refractivity contribution in [2.45, 2.75) is 95.1 Å². The standard InChI is InChI=1S/C24H25FN4O2.C19H20N4O.C18H13NO4.C17H17N3O2.C13H16N4O.C7H5IN2O3/c25-21-9-6-16(15-22-18-4-1-2-5-19(18)23(30)27-26-22)14-20(21)24(31)29-11-3-10-28(12-13-29)17-7-8-17;20-19(24)17-5-1-3-15-12-23(22-18(15)17)16-8-6-13(7-9-16)14-4-2-10-21-11-14;1-22-11-7-3-6-10-13(11)14-15-12(17(20)23-18(15)21)8-4-2-5-9(8)16(14)19-10;1-20(2)10-16(21)18-11-7-8-15-14(9-11)12-5-3-4-6-13(12)17(22)19-15;1-13(6-3-7-15-13)12-16-9-5-2-4-8(11(14)18)10(9)17-12;8-5-2-1-4(7(9)11)3-6(5)10(12)13/h1-2,4-6,9,14,17H,3,7-8,10-13,15H2,(H,27,30);1,3,5-9,12,14,21H,2,4,10-11H2,(H2,20,24);3,6-7,19H,2,4-5H2,1H3;3-9H,10H2,1-2H3,(H,18,21)(H,19,22);2,4-5,15H,3,6-7H2,1H3,(H2,14,18)(H,16,17);1-3H,(H2,9,11). The number of piperidine rings is 1. The summed E-state index contributed by atoms with van der Waals surface area (Å²) in [4.78, 5) is 137. The van der Waals surface area contributed by atoms with E-state index in [1.165, 1.54) is 55.5 Å². The molecule has 6 aliphatic rings. The number of carbonyl (C=O) groups excluding carboxylic acids is 7. The van der Waals surface area contributed by atoms with Crippen molar-refractivity contribution in [2.75, 3.05) is 78.9 Å². The molecule has 1 saturated carbocycles. The van der Waals surface area contributed by atoms with Gasteiger partial charge < -0.3 is 67.4 Å². The van der Waals surface area contributed by atoms with Crippen molar-refractivity contribution >= 4 is 152 Å². The summed E-state index contributed by atoms with van der Waals surface area (Å²) in [6.07, 6.45) is 13.1. The maximum Gasteiger partial charge on any atom is 0.347 e. The molecular formula is C98H96FIN18O13. The number of benzene rings is 10. The average molecular weight is 1880 g/mol. The minimum atomic E-state index is -0.667. The van der Waals surface area contributed by atoms with Gasteiger partial charge in [-0.2, -0.15) is 10.2 Å². The van der Waals surface area contributed by atoms with E-state index >= 15 is 0 Å². The quantitative estimate of drug-likeness (QED) is 0.0114. The molecule has 670 valence electrons. The van der Waals surface area contributed by atoms with Crippen molar-refractivity contribution < 1.29 is 52.3 Å². The highest BCUT2D eigenvalue weighted by molar-refractivity contribution is 14.1. The summed E-state index contributed by atoms with van der Waals surface area (Å²) in [5.74, 6) is -1.32. The second kappa shape index (κ2) is 39.0. The van der Waals surface area contributed by atoms with Crippen LogP contribution in [0.15, 0.2) is 198 Å². The molecule has 9 heterocycles. The van der Waals surface area contributed by atoms with E-state index in [-0.39, 0.29) is 45.3 Å². The summed E-state index contributed by atoms with van der Waals surface area (Å²) in [6.45, 7) is 8.75. The molecule has 0 bridgehead atoms. The summed E-state index contributed by atoms with van der Waals surface area (Å²) in [7, 11) is 5.29. The molecule has 2 unspecified atom stereocenters. The van der Waals surface area contributed by atoms with E-state index in [1.54, 1.807) is 59.2 Å². The fourth-order valence-corrected chi connectivity index (χ4v) is 18.4. The number of aromatic nitrogens is 8. The van der Waals surface area contributed by atoms with Crippen LogP contribution in [-0.2, 0) is 34.3 Å². The molecule has 4 fully saturated rings. The molecule has 13 N–H and O–H groups in total. The number of methoxy groups -OCH3 is 1. The van der Waals surface area contributed by atoms with Gasteiger partial charge in [0.25, 0.3) is 34.5 Å². The molecule has 2 aliphatic carbocycles. The molecule has 2 atom stereocenters. The van der Waals surface area contributed by atoms with E-state index in [2.05, 4.69) is 87.3 Å². The fraction of sp³-hybridized carbons (Fsp3) is 0.265. The van der Waals surface area contributed by atoms with Crippen LogP contribution in [0.5, 0.6) is 5.75 Å². The Kier molecular flexibility index (Phi) is 26.8. The first-order chi connectivity index (χ1) is 63.2. The van der Waals surface area contributed by atoms with Crippen LogP contribution in [0.3, 0.4) is 0 Å². The Morgan fingerprint density at radius 1 is 0.664 bits per heavy atom. The summed E-state index contributed by atoms with van der Waals surface area (Å²) in [5, 5.41) is 37.8. The average Bonchev–Trinajstić information content (AvgIpc) is 1.55. The lowest BCUT2D eigenvalue weighted by Gasteiger charge is -2.23. The molecular weight excluding hydrogens is 1780 g/mol. The van der Waals surface area contributed by atoms with Gasteiger partial charge in [0.05, 0.1) is 94.2 Å². The van der Waals surface area contributed by atoms with Crippen molar-refractivity contribution in [1.29, 1.82) is 0 Å². The number of nitrogens with zero attached hydrogens (tertiary/aromatic N) is 8. The van der Waals surface area contributed by atoms with Crippen LogP contribution in [0.1, 0.15) is 160 Å². The molecule has 4 aliphatic heterocycles. The molecule has 0 spiro atoms. The highest BCUT2D eigenvalue weighted by Gasteiger charge is 2.40. The van der Waals surface area contributed by atoms with Crippen LogP contribution >= 0.6 is 22.6 Å². The number of carbonyl (C=O) groups is 7. The second-order valence-corrected chi connectivity index (χ2v) is 34.8. The number of cyclic esters (lactones) is 2. The van der Waals surface area contributed by atoms with Gasteiger partial charge in [0, 0.05) is 101 Å². The lowest BCUT2D eigenvalue weighted by molar-refractivity contribution is -0.385. The Bertz CT molecular complexity index is 7150. The number of nitro groups is 1. The zero-order chi connectivity index (χ0) is 92.1. The van der Waals surface area contributed by atoms with Crippen molar-refractivity contribution in [3.05, 3.63) is 296 Å². The largest absolute Gasteiger partial charge is 0.496 e. The van der Waals surface area contributed by atoms with Crippen LogP contribution in [-0.4, -0.2) is 181 Å². The number of H-pyrrole nitrogens is 4. The summed E-state index contributed by atoms with van der Waals surface area (Å²) in [6, 6.07) is 54.8. The van der Waals surface area contributed by atoms with Crippen molar-refractivity contribution in [3.63, 3.8) is 0 Å². The molecule has 31 nitrogen and oxygen atoms in total. The normalized spacial score (nSPS) is 16.4. The fourth-order valence-electron chi connectivity index (χ4n) is 17.9. The van der Waals surface area contributed by atoms with E-state index in [0.29, 0.717) is 97.1 Å². The number of likely N-dealkylation sites (N-methyl/N-ethyl adjacent to an activating group) is 1. The first-order valence-electron chi connectivity index (χ1n) is 43.3. The number of hydrogen-bond donors (Lipinski definition) is 10. The smallest absolute Gasteiger partial charge is 0.347 e. The number of halogens is 2. The minimum absolute atomic E-state index is 0.0712. The number of anilines is 1. The monoisotopic (exact) mass is 1880 g/mol. The maximum absolute atomic E-state index is 14.6. The second-order valence-electron chi connectivity index (χ2n) is 33.6. The first-order valence-corrected chi connectivity index (χ1v) is 44.3. The predicted octanol–water partition coefficient (Wildman–Crippen LogP) is 13.4. The Morgan fingerprint density at radius 2 is 1.37 bits per heavy atom. The number of ether oxygens (including phenoxy) is 2. The molecule has 21 rings (SSSR count). The third-order valence-corrected chi connectivity index (χ3v) is 25.4. The molecule has 0 radical (unpaired) electrons. The molecule has 5 amide bonds. The number of imidazole rings is 1. The van der Waals surface area contributed by atoms with E-state index < -0.39 is 40.4 Å². The van der Waals surface area contributed by atoms with Crippen LogP contribution in [0.4, 0.5) is 15.8 Å². The van der Waals surface area contributed by atoms with E-state index in [0.717, 1.165) is 160 Å². The number of fused-ring (bicyclic) bond motifs is 14. The minimum Gasteiger partial charge on any atom is -0.496 e. The van der Waals surface area contributed by atoms with Crippen LogP contribution in [0.25, 0.3) is 81.9 Å². The van der Waals surface area contributed by atoms with Gasteiger partial charge in [0.1, 0.15) is 28.4 Å². The molecule has 131 heavy (non-hydrogen) atoms. The molecule has 15 aromatic rings. The molecule has 3 saturated heterocycles. The van der Waals surface area contributed by atoms with Gasteiger partial charge in [0.2, 0.25) is 11.8 Å². The molecule has 5 aromatic heterocycles. The zero-order valence-corrected chi connectivity index (χ0v) is 74.5. The number of aromatic amines is 4. The number of aryl methyl sites for hydroxylation is 1. The first kappa shape index (κ1) is 90.1. The number of para-hydroxylation sites is 1. The number of esters is 2. The third-order valence-electron chi connectivity index (χ3n) is 24.5. The predicted molar refractivity (Wildman–Crippen MR) is 508 cm³/mol. The highest BCUT2D eigenvalue weighted by Crippen LogP contribution is 2.45. The zero-order valence-electron chi connectivity index (χ0n) is 72.4. The number of nitro benzene ring substituents is 1. The van der Waals surface area contributed by atoms with Gasteiger partial charge in [-0.15, -0.1) is 0 Å². The number of nitrogens with two attached hydrogens (primary N) is 3. The van der Waals surface area contributed by atoms with Crippen molar-refractivity contribution in [3.8, 4) is 11.4 Å². The number of rotatable bonds is 15. The maximum atomic E-state index is 14.6. The van der Waals surface area contributed by atoms with Crippen LogP contribution in [0, 0.1) is 19.5 Å². The Hall–Kier alpha value is -14.3. The van der Waals surface area contributed by atoms with Crippen molar-refractivity contribution in [2.24, 2.45) is 17.2 Å². The Morgan fingerprint density at radius 3 is 2.08 bits per heavy atom. The number of primary amides is 3. The van der Waals surface area contributed by atoms with Gasteiger partial charge in [-0.1, -0.05) is 78.9 Å². The van der Waals surface area contributed by atoms with E-state index in [9.17, 15) is 57.7 Å². The topological polar surface area (TPSA) is 446 Å². The van der Waals surface area contributed by atoms with Gasteiger partial charge in [-0.25, -0.2) is 28.7 Å². The van der Waals surface area contributed by atoms with Gasteiger partial charge in [0.15, 0.2) is 0 Å². The molecule has 10 aromatic carbocycles. The van der Waals surface area contributed by atoms with E-state index in [1.807, 2.05) is 139 Å². The summed E-state index contributed by atoms with van der Waals surface area (Å²) in [5.41, 5.74) is 28.6. The Labute approximate surface area is 762 Å². The van der Waals surface area contributed by atoms with Gasteiger partial charge in [-0.05, 0) is 252 Å².